The van der Waals surface area contributed by atoms with Crippen LogP contribution in [0.5, 0.6) is 0 Å². The Hall–Kier alpha value is -0.810. The van der Waals surface area contributed by atoms with E-state index in [9.17, 15) is 4.79 Å². The van der Waals surface area contributed by atoms with Crippen molar-refractivity contribution in [1.29, 1.82) is 0 Å². The topological polar surface area (TPSA) is 50.8 Å². The highest BCUT2D eigenvalue weighted by atomic mass is 16.6. The van der Waals surface area contributed by atoms with Gasteiger partial charge in [0.1, 0.15) is 5.60 Å². The molecule has 1 N–H and O–H groups in total. The molecule has 1 heterocycles. The molecule has 21 heavy (non-hydrogen) atoms. The normalized spacial score (nSPS) is 30.5. The summed E-state index contributed by atoms with van der Waals surface area (Å²) in [6, 6.07) is 0.659. The van der Waals surface area contributed by atoms with Crippen LogP contribution in [0.2, 0.25) is 0 Å². The standard InChI is InChI=1S/C16H30N2O3/c1-12-5-6-13(9-12)17-10-14-11-20-8-7-18(14)15(19)21-16(2,3)4/h12-14,17H,5-11H2,1-4H3. The molecule has 2 fully saturated rings. The van der Waals surface area contributed by atoms with Crippen molar-refractivity contribution in [2.45, 2.75) is 64.6 Å². The molecule has 3 unspecified atom stereocenters. The molecular weight excluding hydrogens is 268 g/mol. The first kappa shape index (κ1) is 16.6. The summed E-state index contributed by atoms with van der Waals surface area (Å²) in [7, 11) is 0. The van der Waals surface area contributed by atoms with Crippen molar-refractivity contribution in [2.24, 2.45) is 5.92 Å². The van der Waals surface area contributed by atoms with Gasteiger partial charge in [0.05, 0.1) is 19.3 Å². The van der Waals surface area contributed by atoms with E-state index in [4.69, 9.17) is 9.47 Å². The highest BCUT2D eigenvalue weighted by Crippen LogP contribution is 2.24. The molecular formula is C16H30N2O3. The van der Waals surface area contributed by atoms with E-state index >= 15 is 0 Å². The Bertz CT molecular complexity index is 354. The Morgan fingerprint density at radius 3 is 2.76 bits per heavy atom. The molecule has 0 bridgehead atoms. The number of hydrogen-bond acceptors (Lipinski definition) is 4. The van der Waals surface area contributed by atoms with Crippen LogP contribution in [0.1, 0.15) is 47.0 Å². The predicted molar refractivity (Wildman–Crippen MR) is 82.4 cm³/mol. The van der Waals surface area contributed by atoms with E-state index < -0.39 is 5.60 Å². The number of nitrogens with zero attached hydrogens (tertiary/aromatic N) is 1. The molecule has 0 aromatic heterocycles. The maximum atomic E-state index is 12.3. The quantitative estimate of drug-likeness (QED) is 0.869. The fourth-order valence-corrected chi connectivity index (χ4v) is 3.08. The largest absolute Gasteiger partial charge is 0.444 e. The number of hydrogen-bond donors (Lipinski definition) is 1. The van der Waals surface area contributed by atoms with Gasteiger partial charge in [0.25, 0.3) is 0 Å². The van der Waals surface area contributed by atoms with Crippen molar-refractivity contribution < 1.29 is 14.3 Å². The Labute approximate surface area is 128 Å². The van der Waals surface area contributed by atoms with Crippen LogP contribution in [-0.2, 0) is 9.47 Å². The number of amides is 1. The SMILES string of the molecule is CC1CCC(NCC2COCCN2C(=O)OC(C)(C)C)C1. The van der Waals surface area contributed by atoms with Crippen molar-refractivity contribution in [3.63, 3.8) is 0 Å². The zero-order valence-corrected chi connectivity index (χ0v) is 13.9. The zero-order valence-electron chi connectivity index (χ0n) is 13.9. The van der Waals surface area contributed by atoms with E-state index in [0.717, 1.165) is 12.5 Å². The number of carbonyl (C=O) groups is 1. The molecule has 5 nitrogen and oxygen atoms in total. The molecule has 1 aliphatic carbocycles. The van der Waals surface area contributed by atoms with Gasteiger partial charge >= 0.3 is 6.09 Å². The van der Waals surface area contributed by atoms with E-state index in [1.165, 1.54) is 19.3 Å². The number of morpholine rings is 1. The van der Waals surface area contributed by atoms with Gasteiger partial charge in [0.15, 0.2) is 0 Å². The Morgan fingerprint density at radius 1 is 1.38 bits per heavy atom. The maximum Gasteiger partial charge on any atom is 0.410 e. The van der Waals surface area contributed by atoms with Crippen molar-refractivity contribution in [3.8, 4) is 0 Å². The van der Waals surface area contributed by atoms with Gasteiger partial charge in [-0.15, -0.1) is 0 Å². The Morgan fingerprint density at radius 2 is 2.14 bits per heavy atom. The lowest BCUT2D eigenvalue weighted by atomic mass is 10.1. The van der Waals surface area contributed by atoms with Crippen LogP contribution in [0.15, 0.2) is 0 Å². The van der Waals surface area contributed by atoms with E-state index in [1.54, 1.807) is 0 Å². The average molecular weight is 298 g/mol. The molecule has 122 valence electrons. The third kappa shape index (κ3) is 5.15. The van der Waals surface area contributed by atoms with Gasteiger partial charge in [-0.1, -0.05) is 6.92 Å². The fraction of sp³-hybridized carbons (Fsp3) is 0.938. The van der Waals surface area contributed by atoms with Crippen LogP contribution < -0.4 is 5.32 Å². The van der Waals surface area contributed by atoms with Crippen molar-refractivity contribution in [2.75, 3.05) is 26.3 Å². The monoisotopic (exact) mass is 298 g/mol. The van der Waals surface area contributed by atoms with Crippen LogP contribution in [0, 0.1) is 5.92 Å². The zero-order chi connectivity index (χ0) is 15.5. The molecule has 0 aromatic carbocycles. The molecule has 5 heteroatoms. The van der Waals surface area contributed by atoms with E-state index in [-0.39, 0.29) is 12.1 Å². The van der Waals surface area contributed by atoms with Crippen molar-refractivity contribution >= 4 is 6.09 Å². The van der Waals surface area contributed by atoms with Crippen molar-refractivity contribution in [1.82, 2.24) is 10.2 Å². The molecule has 1 amide bonds. The summed E-state index contributed by atoms with van der Waals surface area (Å²) in [5.41, 5.74) is -0.450. The molecule has 0 aromatic rings. The smallest absolute Gasteiger partial charge is 0.410 e. The third-order valence-corrected chi connectivity index (χ3v) is 4.19. The van der Waals surface area contributed by atoms with E-state index in [0.29, 0.717) is 25.8 Å². The molecule has 1 saturated carbocycles. The predicted octanol–water partition coefficient (Wildman–Crippen LogP) is 2.40. The summed E-state index contributed by atoms with van der Waals surface area (Å²) >= 11 is 0. The maximum absolute atomic E-state index is 12.3. The van der Waals surface area contributed by atoms with Crippen LogP contribution in [-0.4, -0.2) is 55.0 Å². The molecule has 1 aliphatic heterocycles. The lowest BCUT2D eigenvalue weighted by Gasteiger charge is -2.37. The molecule has 0 radical (unpaired) electrons. The molecule has 1 saturated heterocycles. The van der Waals surface area contributed by atoms with Crippen molar-refractivity contribution in [3.05, 3.63) is 0 Å². The van der Waals surface area contributed by atoms with Crippen LogP contribution in [0.25, 0.3) is 0 Å². The summed E-state index contributed by atoms with van der Waals surface area (Å²) in [6.07, 6.45) is 3.55. The number of rotatable bonds is 3. The molecule has 2 rings (SSSR count). The summed E-state index contributed by atoms with van der Waals surface area (Å²) in [5.74, 6) is 0.812. The first-order valence-corrected chi connectivity index (χ1v) is 8.16. The molecule has 3 atom stereocenters. The van der Waals surface area contributed by atoms with Crippen LogP contribution in [0.4, 0.5) is 4.79 Å². The van der Waals surface area contributed by atoms with Gasteiger partial charge in [-0.25, -0.2) is 4.79 Å². The van der Waals surface area contributed by atoms with Crippen LogP contribution in [0.3, 0.4) is 0 Å². The first-order chi connectivity index (χ1) is 9.85. The minimum atomic E-state index is -0.450. The number of ether oxygens (including phenoxy) is 2. The highest BCUT2D eigenvalue weighted by molar-refractivity contribution is 5.68. The molecule has 0 spiro atoms. The van der Waals surface area contributed by atoms with Crippen LogP contribution >= 0.6 is 0 Å². The summed E-state index contributed by atoms with van der Waals surface area (Å²) in [6.45, 7) is 10.6. The second-order valence-corrected chi connectivity index (χ2v) is 7.43. The summed E-state index contributed by atoms with van der Waals surface area (Å²) < 4.78 is 11.0. The van der Waals surface area contributed by atoms with E-state index in [2.05, 4.69) is 12.2 Å². The first-order valence-electron chi connectivity index (χ1n) is 8.16. The Balaban J connectivity index is 1.85. The number of nitrogens with one attached hydrogen (secondary N) is 1. The highest BCUT2D eigenvalue weighted by Gasteiger charge is 2.31. The Kier molecular flexibility index (Phi) is 5.49. The van der Waals surface area contributed by atoms with E-state index in [1.807, 2.05) is 25.7 Å². The van der Waals surface area contributed by atoms with Gasteiger partial charge in [-0.3, -0.25) is 4.90 Å². The lowest BCUT2D eigenvalue weighted by molar-refractivity contribution is -0.0321. The van der Waals surface area contributed by atoms with Gasteiger partial charge < -0.3 is 14.8 Å². The summed E-state index contributed by atoms with van der Waals surface area (Å²) in [5, 5.41) is 3.60. The fourth-order valence-electron chi connectivity index (χ4n) is 3.08. The second kappa shape index (κ2) is 6.97. The van der Waals surface area contributed by atoms with Gasteiger partial charge in [-0.05, 0) is 46.0 Å². The molecule has 2 aliphatic rings. The van der Waals surface area contributed by atoms with Gasteiger partial charge in [0.2, 0.25) is 0 Å². The number of carbonyl (C=O) groups excluding carboxylic acids is 1. The lowest BCUT2D eigenvalue weighted by Crippen LogP contribution is -2.54. The summed E-state index contributed by atoms with van der Waals surface area (Å²) in [4.78, 5) is 14.1. The van der Waals surface area contributed by atoms with Gasteiger partial charge in [-0.2, -0.15) is 0 Å². The minimum absolute atomic E-state index is 0.0736. The average Bonchev–Trinajstić information content (AvgIpc) is 2.80. The van der Waals surface area contributed by atoms with Gasteiger partial charge in [0, 0.05) is 19.1 Å². The minimum Gasteiger partial charge on any atom is -0.444 e. The third-order valence-electron chi connectivity index (χ3n) is 4.19. The second-order valence-electron chi connectivity index (χ2n) is 7.43.